The molecule has 0 spiro atoms. The van der Waals surface area contributed by atoms with Gasteiger partial charge in [-0.15, -0.1) is 0 Å². The molecule has 1 N–H and O–H groups in total. The van der Waals surface area contributed by atoms with Crippen molar-refractivity contribution in [3.8, 4) is 5.69 Å². The Balaban J connectivity index is 1.35. The third-order valence-corrected chi connectivity index (χ3v) is 5.00. The predicted molar refractivity (Wildman–Crippen MR) is 102 cm³/mol. The van der Waals surface area contributed by atoms with Crippen LogP contribution < -0.4 is 5.32 Å². The van der Waals surface area contributed by atoms with Gasteiger partial charge < -0.3 is 5.32 Å². The number of aryl methyl sites for hydroxylation is 2. The van der Waals surface area contributed by atoms with Gasteiger partial charge in [-0.2, -0.15) is 5.10 Å². The lowest BCUT2D eigenvalue weighted by Crippen LogP contribution is -2.31. The number of hydrogen-bond donors (Lipinski definition) is 1. The second-order valence-corrected chi connectivity index (χ2v) is 6.84. The van der Waals surface area contributed by atoms with Gasteiger partial charge in [0.2, 0.25) is 5.91 Å². The zero-order valence-electron chi connectivity index (χ0n) is 14.8. The molecule has 0 saturated heterocycles. The Morgan fingerprint density at radius 2 is 1.92 bits per heavy atom. The topological polar surface area (TPSA) is 46.9 Å². The van der Waals surface area contributed by atoms with E-state index < -0.39 is 0 Å². The fourth-order valence-corrected chi connectivity index (χ4v) is 3.64. The molecule has 132 valence electrons. The van der Waals surface area contributed by atoms with Crippen LogP contribution in [-0.2, 0) is 17.6 Å². The van der Waals surface area contributed by atoms with Gasteiger partial charge in [-0.25, -0.2) is 4.68 Å². The van der Waals surface area contributed by atoms with E-state index in [2.05, 4.69) is 34.7 Å². The highest BCUT2D eigenvalue weighted by molar-refractivity contribution is 5.76. The minimum Gasteiger partial charge on any atom is -0.349 e. The number of nitrogens with one attached hydrogen (secondary N) is 1. The number of carbonyl (C=O) groups is 1. The lowest BCUT2D eigenvalue weighted by molar-refractivity contribution is -0.121. The van der Waals surface area contributed by atoms with Crippen LogP contribution in [0.2, 0.25) is 0 Å². The van der Waals surface area contributed by atoms with Crippen LogP contribution in [-0.4, -0.2) is 15.7 Å². The molecule has 26 heavy (non-hydrogen) atoms. The SMILES string of the molecule is O=C(CCc1cnn(-c2ccccc2)c1)NC1CCCc2ccccc21. The van der Waals surface area contributed by atoms with Crippen LogP contribution in [0.5, 0.6) is 0 Å². The Bertz CT molecular complexity index is 885. The van der Waals surface area contributed by atoms with Crippen molar-refractivity contribution in [2.45, 2.75) is 38.1 Å². The predicted octanol–water partition coefficient (Wildman–Crippen LogP) is 4.00. The van der Waals surface area contributed by atoms with Crippen LogP contribution in [0.3, 0.4) is 0 Å². The van der Waals surface area contributed by atoms with Crippen LogP contribution in [0, 0.1) is 0 Å². The van der Waals surface area contributed by atoms with E-state index in [1.807, 2.05) is 47.4 Å². The van der Waals surface area contributed by atoms with Gasteiger partial charge in [-0.3, -0.25) is 4.79 Å². The number of carbonyl (C=O) groups excluding carboxylic acids is 1. The molecule has 0 aliphatic heterocycles. The molecule has 0 bridgehead atoms. The van der Waals surface area contributed by atoms with E-state index >= 15 is 0 Å². The van der Waals surface area contributed by atoms with Gasteiger partial charge in [0.15, 0.2) is 0 Å². The third kappa shape index (κ3) is 3.69. The quantitative estimate of drug-likeness (QED) is 0.760. The van der Waals surface area contributed by atoms with Crippen molar-refractivity contribution in [3.63, 3.8) is 0 Å². The number of aromatic nitrogens is 2. The highest BCUT2D eigenvalue weighted by Crippen LogP contribution is 2.29. The van der Waals surface area contributed by atoms with Gasteiger partial charge in [0.05, 0.1) is 17.9 Å². The minimum absolute atomic E-state index is 0.110. The highest BCUT2D eigenvalue weighted by atomic mass is 16.1. The molecule has 3 aromatic rings. The molecule has 1 aromatic heterocycles. The number of benzene rings is 2. The van der Waals surface area contributed by atoms with E-state index in [0.29, 0.717) is 12.8 Å². The summed E-state index contributed by atoms with van der Waals surface area (Å²) in [7, 11) is 0. The molecule has 1 aliphatic carbocycles. The molecule has 1 aliphatic rings. The van der Waals surface area contributed by atoms with E-state index in [4.69, 9.17) is 0 Å². The van der Waals surface area contributed by atoms with Gasteiger partial charge in [0.1, 0.15) is 0 Å². The van der Waals surface area contributed by atoms with Gasteiger partial charge in [-0.1, -0.05) is 42.5 Å². The Hall–Kier alpha value is -2.88. The third-order valence-electron chi connectivity index (χ3n) is 5.00. The van der Waals surface area contributed by atoms with Crippen LogP contribution in [0.4, 0.5) is 0 Å². The first-order valence-electron chi connectivity index (χ1n) is 9.26. The molecule has 4 nitrogen and oxygen atoms in total. The van der Waals surface area contributed by atoms with Crippen LogP contribution in [0.25, 0.3) is 5.69 Å². The fourth-order valence-electron chi connectivity index (χ4n) is 3.64. The molecule has 1 unspecified atom stereocenters. The van der Waals surface area contributed by atoms with Crippen molar-refractivity contribution in [1.82, 2.24) is 15.1 Å². The lowest BCUT2D eigenvalue weighted by Gasteiger charge is -2.26. The van der Waals surface area contributed by atoms with Crippen molar-refractivity contribution < 1.29 is 4.79 Å². The van der Waals surface area contributed by atoms with Crippen molar-refractivity contribution >= 4 is 5.91 Å². The molecule has 4 rings (SSSR count). The minimum atomic E-state index is 0.110. The van der Waals surface area contributed by atoms with Crippen LogP contribution in [0.1, 0.15) is 42.0 Å². The molecule has 0 radical (unpaired) electrons. The maximum Gasteiger partial charge on any atom is 0.220 e. The Morgan fingerprint density at radius 3 is 2.81 bits per heavy atom. The van der Waals surface area contributed by atoms with Gasteiger partial charge in [-0.05, 0) is 54.5 Å². The maximum atomic E-state index is 12.4. The molecule has 1 heterocycles. The van der Waals surface area contributed by atoms with E-state index in [0.717, 1.165) is 30.5 Å². The largest absolute Gasteiger partial charge is 0.349 e. The molecular formula is C22H23N3O. The zero-order valence-corrected chi connectivity index (χ0v) is 14.8. The molecular weight excluding hydrogens is 322 g/mol. The number of rotatable bonds is 5. The second kappa shape index (κ2) is 7.56. The Labute approximate surface area is 153 Å². The lowest BCUT2D eigenvalue weighted by atomic mass is 9.87. The molecule has 1 amide bonds. The maximum absolute atomic E-state index is 12.4. The van der Waals surface area contributed by atoms with Crippen molar-refractivity contribution in [3.05, 3.63) is 83.7 Å². The summed E-state index contributed by atoms with van der Waals surface area (Å²) in [5.41, 5.74) is 4.76. The standard InChI is InChI=1S/C22H23N3O/c26-22(24-21-12-6-8-18-7-4-5-11-20(18)21)14-13-17-15-23-25(16-17)19-9-2-1-3-10-19/h1-5,7,9-11,15-16,21H,6,8,12-14H2,(H,24,26). The summed E-state index contributed by atoms with van der Waals surface area (Å²) < 4.78 is 1.85. The van der Waals surface area contributed by atoms with Crippen LogP contribution >= 0.6 is 0 Å². The van der Waals surface area contributed by atoms with Gasteiger partial charge in [0, 0.05) is 12.6 Å². The average Bonchev–Trinajstić information content (AvgIpc) is 3.17. The van der Waals surface area contributed by atoms with Crippen LogP contribution in [0.15, 0.2) is 67.0 Å². The van der Waals surface area contributed by atoms with Gasteiger partial charge in [0.25, 0.3) is 0 Å². The average molecular weight is 345 g/mol. The summed E-state index contributed by atoms with van der Waals surface area (Å²) >= 11 is 0. The summed E-state index contributed by atoms with van der Waals surface area (Å²) in [6.07, 6.45) is 8.29. The Morgan fingerprint density at radius 1 is 1.12 bits per heavy atom. The summed E-state index contributed by atoms with van der Waals surface area (Å²) in [6, 6.07) is 18.6. The molecule has 2 aromatic carbocycles. The summed E-state index contributed by atoms with van der Waals surface area (Å²) in [4.78, 5) is 12.4. The highest BCUT2D eigenvalue weighted by Gasteiger charge is 2.21. The molecule has 0 saturated carbocycles. The van der Waals surface area contributed by atoms with E-state index in [1.54, 1.807) is 0 Å². The summed E-state index contributed by atoms with van der Waals surface area (Å²) in [5, 5.41) is 7.61. The van der Waals surface area contributed by atoms with Gasteiger partial charge >= 0.3 is 0 Å². The van der Waals surface area contributed by atoms with E-state index in [1.165, 1.54) is 11.1 Å². The molecule has 1 atom stereocenters. The van der Waals surface area contributed by atoms with E-state index in [-0.39, 0.29) is 11.9 Å². The summed E-state index contributed by atoms with van der Waals surface area (Å²) in [5.74, 6) is 0.110. The molecule has 0 fully saturated rings. The second-order valence-electron chi connectivity index (χ2n) is 6.84. The smallest absolute Gasteiger partial charge is 0.220 e. The first-order valence-corrected chi connectivity index (χ1v) is 9.26. The number of nitrogens with zero attached hydrogens (tertiary/aromatic N) is 2. The first kappa shape index (κ1) is 16.6. The number of para-hydroxylation sites is 1. The Kier molecular flexibility index (Phi) is 4.82. The first-order chi connectivity index (χ1) is 12.8. The molecule has 4 heteroatoms. The number of hydrogen-bond acceptors (Lipinski definition) is 2. The zero-order chi connectivity index (χ0) is 17.8. The number of fused-ring (bicyclic) bond motifs is 1. The van der Waals surface area contributed by atoms with Crippen molar-refractivity contribution in [2.24, 2.45) is 0 Å². The summed E-state index contributed by atoms with van der Waals surface area (Å²) in [6.45, 7) is 0. The van der Waals surface area contributed by atoms with Crippen molar-refractivity contribution in [2.75, 3.05) is 0 Å². The fraction of sp³-hybridized carbons (Fsp3) is 0.273. The number of amides is 1. The monoisotopic (exact) mass is 345 g/mol. The normalized spacial score (nSPS) is 16.1. The van der Waals surface area contributed by atoms with E-state index in [9.17, 15) is 4.79 Å². The van der Waals surface area contributed by atoms with Crippen molar-refractivity contribution in [1.29, 1.82) is 0 Å².